The van der Waals surface area contributed by atoms with Crippen LogP contribution in [0.25, 0.3) is 0 Å². The number of rotatable bonds is 3. The maximum absolute atomic E-state index is 12.0. The van der Waals surface area contributed by atoms with Crippen LogP contribution in [0.15, 0.2) is 29.1 Å². The van der Waals surface area contributed by atoms with Gasteiger partial charge in [0, 0.05) is 24.3 Å². The molecule has 0 fully saturated rings. The van der Waals surface area contributed by atoms with E-state index in [0.717, 1.165) is 11.3 Å². The third-order valence-corrected chi connectivity index (χ3v) is 3.53. The zero-order chi connectivity index (χ0) is 15.0. The Balaban J connectivity index is 1.87. The Hall–Kier alpha value is -2.34. The summed E-state index contributed by atoms with van der Waals surface area (Å²) in [5.74, 6) is 2.07. The number of hydrogen-bond donors (Lipinski definition) is 1. The number of fused-ring (bicyclic) bond motifs is 1. The lowest BCUT2D eigenvalue weighted by Crippen LogP contribution is -2.29. The van der Waals surface area contributed by atoms with E-state index in [9.17, 15) is 4.79 Å². The van der Waals surface area contributed by atoms with Gasteiger partial charge in [-0.25, -0.2) is 4.98 Å². The van der Waals surface area contributed by atoms with Crippen LogP contribution < -0.4 is 20.8 Å². The number of aromatic nitrogens is 2. The van der Waals surface area contributed by atoms with Crippen molar-refractivity contribution in [3.63, 3.8) is 0 Å². The Morgan fingerprint density at radius 2 is 2.05 bits per heavy atom. The molecule has 2 N–H and O–H groups in total. The van der Waals surface area contributed by atoms with Crippen molar-refractivity contribution < 1.29 is 9.47 Å². The third-order valence-electron chi connectivity index (χ3n) is 3.53. The Bertz CT molecular complexity index is 739. The summed E-state index contributed by atoms with van der Waals surface area (Å²) in [7, 11) is 0. The number of nitrogens with zero attached hydrogens (tertiary/aromatic N) is 2. The molecule has 0 spiro atoms. The molecule has 0 radical (unpaired) electrons. The first-order valence-corrected chi connectivity index (χ1v) is 6.75. The van der Waals surface area contributed by atoms with E-state index < -0.39 is 0 Å². The van der Waals surface area contributed by atoms with E-state index >= 15 is 0 Å². The molecule has 3 rings (SSSR count). The fourth-order valence-corrected chi connectivity index (χ4v) is 2.43. The molecule has 0 bridgehead atoms. The van der Waals surface area contributed by atoms with E-state index in [-0.39, 0.29) is 18.4 Å². The minimum atomic E-state index is -0.319. The van der Waals surface area contributed by atoms with Crippen molar-refractivity contribution in [1.29, 1.82) is 0 Å². The van der Waals surface area contributed by atoms with Gasteiger partial charge in [0.2, 0.25) is 6.79 Å². The van der Waals surface area contributed by atoms with Gasteiger partial charge in [0.25, 0.3) is 5.56 Å². The van der Waals surface area contributed by atoms with Gasteiger partial charge in [0.05, 0.1) is 0 Å². The van der Waals surface area contributed by atoms with E-state index in [2.05, 4.69) is 4.98 Å². The zero-order valence-corrected chi connectivity index (χ0v) is 12.0. The highest BCUT2D eigenvalue weighted by atomic mass is 16.7. The predicted octanol–water partition coefficient (Wildman–Crippen LogP) is 1.29. The van der Waals surface area contributed by atoms with Crippen molar-refractivity contribution in [2.45, 2.75) is 26.4 Å². The average Bonchev–Trinajstić information content (AvgIpc) is 2.89. The standard InChI is InChI=1S/C15H17N3O3/c1-9-5-15(19)18(10(2)17-9)7-12(16)11-3-4-13-14(6-11)21-8-20-13/h3-6,12H,7-8,16H2,1-2H3. The van der Waals surface area contributed by atoms with Crippen LogP contribution in [0.4, 0.5) is 0 Å². The van der Waals surface area contributed by atoms with Gasteiger partial charge in [-0.05, 0) is 31.5 Å². The van der Waals surface area contributed by atoms with E-state index in [1.807, 2.05) is 18.2 Å². The zero-order valence-electron chi connectivity index (χ0n) is 12.0. The molecule has 1 aliphatic rings. The first kappa shape index (κ1) is 13.6. The molecular formula is C15H17N3O3. The molecule has 21 heavy (non-hydrogen) atoms. The number of benzene rings is 1. The van der Waals surface area contributed by atoms with Crippen LogP contribution in [0.2, 0.25) is 0 Å². The molecule has 0 saturated carbocycles. The highest BCUT2D eigenvalue weighted by Crippen LogP contribution is 2.33. The van der Waals surface area contributed by atoms with Crippen LogP contribution >= 0.6 is 0 Å². The Morgan fingerprint density at radius 3 is 2.81 bits per heavy atom. The first-order chi connectivity index (χ1) is 10.0. The van der Waals surface area contributed by atoms with E-state index in [1.165, 1.54) is 6.07 Å². The van der Waals surface area contributed by atoms with Crippen molar-refractivity contribution in [3.05, 3.63) is 51.7 Å². The van der Waals surface area contributed by atoms with Gasteiger partial charge in [-0.1, -0.05) is 6.07 Å². The number of aryl methyl sites for hydroxylation is 2. The number of ether oxygens (including phenoxy) is 2. The van der Waals surface area contributed by atoms with Gasteiger partial charge in [-0.2, -0.15) is 0 Å². The summed E-state index contributed by atoms with van der Waals surface area (Å²) in [6.45, 7) is 4.21. The molecule has 0 aliphatic carbocycles. The minimum absolute atomic E-state index is 0.0869. The molecule has 0 amide bonds. The average molecular weight is 287 g/mol. The molecule has 110 valence electrons. The van der Waals surface area contributed by atoms with Crippen LogP contribution in [0.3, 0.4) is 0 Å². The fraction of sp³-hybridized carbons (Fsp3) is 0.333. The van der Waals surface area contributed by atoms with Crippen LogP contribution in [0.1, 0.15) is 23.1 Å². The lowest BCUT2D eigenvalue weighted by Gasteiger charge is -2.16. The maximum Gasteiger partial charge on any atom is 0.253 e. The molecular weight excluding hydrogens is 270 g/mol. The third kappa shape index (κ3) is 2.62. The summed E-state index contributed by atoms with van der Waals surface area (Å²) in [4.78, 5) is 16.3. The second kappa shape index (κ2) is 5.21. The molecule has 1 aromatic heterocycles. The number of nitrogens with two attached hydrogens (primary N) is 1. The second-order valence-corrected chi connectivity index (χ2v) is 5.11. The lowest BCUT2D eigenvalue weighted by molar-refractivity contribution is 0.174. The Kier molecular flexibility index (Phi) is 3.39. The normalized spacial score (nSPS) is 14.2. The van der Waals surface area contributed by atoms with Gasteiger partial charge in [0.1, 0.15) is 5.82 Å². The molecule has 1 atom stereocenters. The molecule has 1 aromatic carbocycles. The Labute approximate surface area is 122 Å². The highest BCUT2D eigenvalue weighted by molar-refractivity contribution is 5.45. The van der Waals surface area contributed by atoms with Crippen molar-refractivity contribution in [2.24, 2.45) is 5.73 Å². The predicted molar refractivity (Wildman–Crippen MR) is 77.5 cm³/mol. The summed E-state index contributed by atoms with van der Waals surface area (Å²) in [5.41, 5.74) is 7.73. The monoisotopic (exact) mass is 287 g/mol. The molecule has 1 aliphatic heterocycles. The smallest absolute Gasteiger partial charge is 0.253 e. The summed E-state index contributed by atoms with van der Waals surface area (Å²) < 4.78 is 12.2. The van der Waals surface area contributed by atoms with Crippen LogP contribution in [-0.4, -0.2) is 16.3 Å². The van der Waals surface area contributed by atoms with Crippen molar-refractivity contribution >= 4 is 0 Å². The topological polar surface area (TPSA) is 79.4 Å². The van der Waals surface area contributed by atoms with Gasteiger partial charge >= 0.3 is 0 Å². The summed E-state index contributed by atoms with van der Waals surface area (Å²) in [5, 5.41) is 0. The van der Waals surface area contributed by atoms with Gasteiger partial charge in [-0.15, -0.1) is 0 Å². The van der Waals surface area contributed by atoms with E-state index in [4.69, 9.17) is 15.2 Å². The van der Waals surface area contributed by atoms with Gasteiger partial charge in [-0.3, -0.25) is 9.36 Å². The maximum atomic E-state index is 12.0. The SMILES string of the molecule is Cc1cc(=O)n(CC(N)c2ccc3c(c2)OCO3)c(C)n1. The summed E-state index contributed by atoms with van der Waals surface area (Å²) >= 11 is 0. The Morgan fingerprint density at radius 1 is 1.29 bits per heavy atom. The van der Waals surface area contributed by atoms with E-state index in [0.29, 0.717) is 23.8 Å². The molecule has 1 unspecified atom stereocenters. The highest BCUT2D eigenvalue weighted by Gasteiger charge is 2.17. The quantitative estimate of drug-likeness (QED) is 0.920. The lowest BCUT2D eigenvalue weighted by atomic mass is 10.1. The fourth-order valence-electron chi connectivity index (χ4n) is 2.43. The first-order valence-electron chi connectivity index (χ1n) is 6.75. The summed E-state index contributed by atoms with van der Waals surface area (Å²) in [6, 6.07) is 6.77. The molecule has 0 saturated heterocycles. The van der Waals surface area contributed by atoms with E-state index in [1.54, 1.807) is 18.4 Å². The number of hydrogen-bond acceptors (Lipinski definition) is 5. The molecule has 6 heteroatoms. The van der Waals surface area contributed by atoms with Crippen molar-refractivity contribution in [1.82, 2.24) is 9.55 Å². The van der Waals surface area contributed by atoms with Gasteiger partial charge in [0.15, 0.2) is 11.5 Å². The van der Waals surface area contributed by atoms with Crippen molar-refractivity contribution in [2.75, 3.05) is 6.79 Å². The van der Waals surface area contributed by atoms with Gasteiger partial charge < -0.3 is 15.2 Å². The molecule has 2 heterocycles. The molecule has 2 aromatic rings. The second-order valence-electron chi connectivity index (χ2n) is 5.11. The summed E-state index contributed by atoms with van der Waals surface area (Å²) in [6.07, 6.45) is 0. The van der Waals surface area contributed by atoms with Crippen LogP contribution in [0.5, 0.6) is 11.5 Å². The minimum Gasteiger partial charge on any atom is -0.454 e. The largest absolute Gasteiger partial charge is 0.454 e. The molecule has 6 nitrogen and oxygen atoms in total. The van der Waals surface area contributed by atoms with Crippen LogP contribution in [0, 0.1) is 13.8 Å². The van der Waals surface area contributed by atoms with Crippen LogP contribution in [-0.2, 0) is 6.54 Å². The van der Waals surface area contributed by atoms with Crippen molar-refractivity contribution in [3.8, 4) is 11.5 Å².